The standard InChI is InChI=1S/C11H14N2OS/c12-10(6-11(13)15)8-14-7-9-4-2-1-3-5-9/h1-5,12H,6-8H2,(H2,13,15). The van der Waals surface area contributed by atoms with Crippen molar-refractivity contribution in [3.05, 3.63) is 35.9 Å². The molecule has 0 atom stereocenters. The van der Waals surface area contributed by atoms with Gasteiger partial charge in [0, 0.05) is 12.1 Å². The third kappa shape index (κ3) is 5.24. The van der Waals surface area contributed by atoms with Crippen molar-refractivity contribution in [3.63, 3.8) is 0 Å². The van der Waals surface area contributed by atoms with Crippen LogP contribution < -0.4 is 5.73 Å². The molecule has 3 nitrogen and oxygen atoms in total. The average Bonchev–Trinajstić information content (AvgIpc) is 2.18. The van der Waals surface area contributed by atoms with Crippen LogP contribution in [0.1, 0.15) is 12.0 Å². The van der Waals surface area contributed by atoms with Gasteiger partial charge in [-0.1, -0.05) is 42.5 Å². The van der Waals surface area contributed by atoms with Gasteiger partial charge in [-0.15, -0.1) is 0 Å². The van der Waals surface area contributed by atoms with Crippen LogP contribution in [-0.2, 0) is 11.3 Å². The van der Waals surface area contributed by atoms with Crippen molar-refractivity contribution in [1.29, 1.82) is 5.41 Å². The Morgan fingerprint density at radius 1 is 1.33 bits per heavy atom. The maximum Gasteiger partial charge on any atom is 0.0850 e. The zero-order valence-electron chi connectivity index (χ0n) is 8.40. The molecular formula is C11H14N2OS. The molecule has 0 fully saturated rings. The summed E-state index contributed by atoms with van der Waals surface area (Å²) < 4.78 is 5.34. The molecule has 4 heteroatoms. The zero-order valence-corrected chi connectivity index (χ0v) is 9.22. The summed E-state index contributed by atoms with van der Waals surface area (Å²) in [5.41, 5.74) is 6.82. The fraction of sp³-hybridized carbons (Fsp3) is 0.273. The molecule has 1 aromatic rings. The number of hydrogen-bond donors (Lipinski definition) is 2. The van der Waals surface area contributed by atoms with Crippen LogP contribution in [-0.4, -0.2) is 17.3 Å². The van der Waals surface area contributed by atoms with E-state index in [1.807, 2.05) is 30.3 Å². The van der Waals surface area contributed by atoms with Gasteiger partial charge in [0.2, 0.25) is 0 Å². The van der Waals surface area contributed by atoms with Crippen LogP contribution in [0, 0.1) is 5.41 Å². The molecule has 1 aromatic carbocycles. The van der Waals surface area contributed by atoms with Crippen LogP contribution in [0.5, 0.6) is 0 Å². The van der Waals surface area contributed by atoms with Crippen LogP contribution in [0.25, 0.3) is 0 Å². The maximum atomic E-state index is 7.49. The van der Waals surface area contributed by atoms with Gasteiger partial charge < -0.3 is 15.9 Å². The highest BCUT2D eigenvalue weighted by molar-refractivity contribution is 7.80. The number of thiocarbonyl (C=S) groups is 1. The minimum atomic E-state index is 0.284. The van der Waals surface area contributed by atoms with Gasteiger partial charge in [0.1, 0.15) is 0 Å². The molecule has 3 N–H and O–H groups in total. The molecule has 0 aliphatic carbocycles. The monoisotopic (exact) mass is 222 g/mol. The second kappa shape index (κ2) is 6.27. The number of benzene rings is 1. The van der Waals surface area contributed by atoms with Crippen molar-refractivity contribution in [2.45, 2.75) is 13.0 Å². The fourth-order valence-corrected chi connectivity index (χ4v) is 1.30. The van der Waals surface area contributed by atoms with E-state index in [1.165, 1.54) is 0 Å². The smallest absolute Gasteiger partial charge is 0.0850 e. The molecule has 0 amide bonds. The second-order valence-electron chi connectivity index (χ2n) is 3.23. The fourth-order valence-electron chi connectivity index (χ4n) is 1.13. The van der Waals surface area contributed by atoms with E-state index in [9.17, 15) is 0 Å². The lowest BCUT2D eigenvalue weighted by Gasteiger charge is -2.05. The number of hydrogen-bond acceptors (Lipinski definition) is 3. The number of nitrogens with two attached hydrogens (primary N) is 1. The summed E-state index contributed by atoms with van der Waals surface area (Å²) in [5.74, 6) is 0. The van der Waals surface area contributed by atoms with E-state index < -0.39 is 0 Å². The van der Waals surface area contributed by atoms with E-state index in [2.05, 4.69) is 0 Å². The molecule has 0 unspecified atom stereocenters. The predicted molar refractivity (Wildman–Crippen MR) is 65.2 cm³/mol. The average molecular weight is 222 g/mol. The minimum Gasteiger partial charge on any atom is -0.393 e. The number of nitrogens with one attached hydrogen (secondary N) is 1. The predicted octanol–water partition coefficient (Wildman–Crippen LogP) is 1.90. The summed E-state index contributed by atoms with van der Waals surface area (Å²) in [6, 6.07) is 9.84. The molecule has 0 heterocycles. The summed E-state index contributed by atoms with van der Waals surface area (Å²) in [7, 11) is 0. The number of ether oxygens (including phenoxy) is 1. The highest BCUT2D eigenvalue weighted by Crippen LogP contribution is 2.00. The SMILES string of the molecule is N=C(COCc1ccccc1)CC(N)=S. The lowest BCUT2D eigenvalue weighted by atomic mass is 10.2. The van der Waals surface area contributed by atoms with Gasteiger partial charge >= 0.3 is 0 Å². The third-order valence-electron chi connectivity index (χ3n) is 1.78. The van der Waals surface area contributed by atoms with Gasteiger partial charge in [0.05, 0.1) is 18.2 Å². The Morgan fingerprint density at radius 2 is 2.00 bits per heavy atom. The summed E-state index contributed by atoms with van der Waals surface area (Å²) in [5, 5.41) is 7.49. The Bertz CT molecular complexity index is 338. The van der Waals surface area contributed by atoms with Crippen LogP contribution in [0.3, 0.4) is 0 Å². The second-order valence-corrected chi connectivity index (χ2v) is 3.75. The van der Waals surface area contributed by atoms with Crippen molar-refractivity contribution >= 4 is 22.9 Å². The first kappa shape index (κ1) is 11.8. The van der Waals surface area contributed by atoms with E-state index in [0.717, 1.165) is 5.56 Å². The van der Waals surface area contributed by atoms with E-state index >= 15 is 0 Å². The minimum absolute atomic E-state index is 0.284. The van der Waals surface area contributed by atoms with E-state index in [0.29, 0.717) is 23.7 Å². The first-order valence-electron chi connectivity index (χ1n) is 4.65. The molecule has 0 radical (unpaired) electrons. The highest BCUT2D eigenvalue weighted by atomic mass is 32.1. The van der Waals surface area contributed by atoms with E-state index in [-0.39, 0.29) is 6.61 Å². The van der Waals surface area contributed by atoms with E-state index in [4.69, 9.17) is 28.1 Å². The van der Waals surface area contributed by atoms with Crippen LogP contribution >= 0.6 is 12.2 Å². The van der Waals surface area contributed by atoms with Gasteiger partial charge in [-0.05, 0) is 5.56 Å². The normalized spacial score (nSPS) is 9.87. The molecule has 0 saturated carbocycles. The molecule has 0 aromatic heterocycles. The Labute approximate surface area is 94.8 Å². The Balaban J connectivity index is 2.22. The van der Waals surface area contributed by atoms with Gasteiger partial charge in [0.15, 0.2) is 0 Å². The lowest BCUT2D eigenvalue weighted by Crippen LogP contribution is -2.17. The largest absolute Gasteiger partial charge is 0.393 e. The van der Waals surface area contributed by atoms with Crippen molar-refractivity contribution < 1.29 is 4.74 Å². The number of rotatable bonds is 6. The summed E-state index contributed by atoms with van der Waals surface area (Å²) in [6.07, 6.45) is 0.337. The van der Waals surface area contributed by atoms with E-state index in [1.54, 1.807) is 0 Å². The summed E-state index contributed by atoms with van der Waals surface area (Å²) in [4.78, 5) is 0.336. The summed E-state index contributed by atoms with van der Waals surface area (Å²) >= 11 is 4.70. The quantitative estimate of drug-likeness (QED) is 0.571. The van der Waals surface area contributed by atoms with Crippen molar-refractivity contribution in [3.8, 4) is 0 Å². The molecule has 0 spiro atoms. The lowest BCUT2D eigenvalue weighted by molar-refractivity contribution is 0.157. The zero-order chi connectivity index (χ0) is 11.1. The molecule has 0 saturated heterocycles. The van der Waals surface area contributed by atoms with Gasteiger partial charge in [-0.2, -0.15) is 0 Å². The van der Waals surface area contributed by atoms with Gasteiger partial charge in [-0.3, -0.25) is 0 Å². The third-order valence-corrected chi connectivity index (χ3v) is 1.92. The first-order valence-corrected chi connectivity index (χ1v) is 5.05. The maximum absolute atomic E-state index is 7.49. The first-order chi connectivity index (χ1) is 7.18. The van der Waals surface area contributed by atoms with Crippen LogP contribution in [0.2, 0.25) is 0 Å². The Kier molecular flexibility index (Phi) is 4.93. The topological polar surface area (TPSA) is 59.1 Å². The molecule has 0 aliphatic heterocycles. The Hall–Kier alpha value is -1.26. The van der Waals surface area contributed by atoms with Crippen molar-refractivity contribution in [2.75, 3.05) is 6.61 Å². The molecule has 80 valence electrons. The van der Waals surface area contributed by atoms with Crippen molar-refractivity contribution in [2.24, 2.45) is 5.73 Å². The van der Waals surface area contributed by atoms with Crippen LogP contribution in [0.4, 0.5) is 0 Å². The van der Waals surface area contributed by atoms with Gasteiger partial charge in [-0.25, -0.2) is 0 Å². The highest BCUT2D eigenvalue weighted by Gasteiger charge is 1.99. The van der Waals surface area contributed by atoms with Crippen molar-refractivity contribution in [1.82, 2.24) is 0 Å². The Morgan fingerprint density at radius 3 is 2.60 bits per heavy atom. The molecular weight excluding hydrogens is 208 g/mol. The molecule has 0 bridgehead atoms. The molecule has 1 rings (SSSR count). The van der Waals surface area contributed by atoms with Crippen LogP contribution in [0.15, 0.2) is 30.3 Å². The molecule has 0 aliphatic rings. The summed E-state index contributed by atoms with van der Waals surface area (Å²) in [6.45, 7) is 0.798. The molecule has 15 heavy (non-hydrogen) atoms. The van der Waals surface area contributed by atoms with Gasteiger partial charge in [0.25, 0.3) is 0 Å².